The van der Waals surface area contributed by atoms with Gasteiger partial charge in [-0.1, -0.05) is 0 Å². The maximum Gasteiger partial charge on any atom is 0.385 e. The first kappa shape index (κ1) is 8.63. The molecule has 0 aliphatic carbocycles. The monoisotopic (exact) mass is 176 g/mol. The molecule has 1 heterocycles. The van der Waals surface area contributed by atoms with Crippen molar-refractivity contribution in [3.05, 3.63) is 18.2 Å². The molecule has 6 heteroatoms. The van der Waals surface area contributed by atoms with Crippen LogP contribution in [-0.2, 0) is 17.8 Å². The van der Waals surface area contributed by atoms with Crippen molar-refractivity contribution in [3.63, 3.8) is 0 Å². The summed E-state index contributed by atoms with van der Waals surface area (Å²) in [6.07, 6.45) is 2.08. The number of alkyl halides is 2. The molecule has 66 valence electrons. The summed E-state index contributed by atoms with van der Waals surface area (Å²) in [5, 5.41) is 8.10. The lowest BCUT2D eigenvalue weighted by atomic mass is 10.2. The van der Waals surface area contributed by atoms with Crippen LogP contribution in [0, 0.1) is 0 Å². The standard InChI is InChI=1S/C6H6F2N2O2/c1-10-2-4(9-3-10)6(7,8)5(11)12/h2-3H,1H3,(H,11,12). The van der Waals surface area contributed by atoms with Crippen LogP contribution in [0.4, 0.5) is 8.78 Å². The van der Waals surface area contributed by atoms with Crippen molar-refractivity contribution < 1.29 is 18.7 Å². The van der Waals surface area contributed by atoms with Crippen molar-refractivity contribution in [2.45, 2.75) is 5.92 Å². The van der Waals surface area contributed by atoms with Gasteiger partial charge in [0.15, 0.2) is 0 Å². The molecule has 0 saturated heterocycles. The van der Waals surface area contributed by atoms with Crippen molar-refractivity contribution in [1.29, 1.82) is 0 Å². The summed E-state index contributed by atoms with van der Waals surface area (Å²) < 4.78 is 26.5. The van der Waals surface area contributed by atoms with Crippen molar-refractivity contribution >= 4 is 5.97 Å². The zero-order valence-electron chi connectivity index (χ0n) is 6.16. The molecule has 0 aliphatic heterocycles. The predicted octanol–water partition coefficient (Wildman–Crippen LogP) is 0.596. The van der Waals surface area contributed by atoms with Crippen LogP contribution in [0.25, 0.3) is 0 Å². The first-order chi connectivity index (χ1) is 5.44. The third-order valence-electron chi connectivity index (χ3n) is 1.30. The van der Waals surface area contributed by atoms with Crippen LogP contribution in [0.2, 0.25) is 0 Å². The first-order valence-electron chi connectivity index (χ1n) is 3.04. The highest BCUT2D eigenvalue weighted by atomic mass is 19.3. The molecule has 1 aromatic heterocycles. The molecule has 0 amide bonds. The van der Waals surface area contributed by atoms with Gasteiger partial charge in [0.2, 0.25) is 0 Å². The zero-order valence-corrected chi connectivity index (χ0v) is 6.16. The van der Waals surface area contributed by atoms with Gasteiger partial charge in [0.05, 0.1) is 6.33 Å². The molecular formula is C6H6F2N2O2. The Morgan fingerprint density at radius 1 is 1.75 bits per heavy atom. The van der Waals surface area contributed by atoms with E-state index in [-0.39, 0.29) is 0 Å². The van der Waals surface area contributed by atoms with E-state index in [9.17, 15) is 13.6 Å². The Balaban J connectivity index is 3.05. The summed E-state index contributed by atoms with van der Waals surface area (Å²) in [7, 11) is 1.48. The molecule has 0 saturated carbocycles. The molecule has 0 spiro atoms. The van der Waals surface area contributed by atoms with Gasteiger partial charge in [-0.05, 0) is 0 Å². The molecule has 0 bridgehead atoms. The topological polar surface area (TPSA) is 55.1 Å². The third-order valence-corrected chi connectivity index (χ3v) is 1.30. The van der Waals surface area contributed by atoms with Gasteiger partial charge in [-0.15, -0.1) is 0 Å². The molecule has 1 aromatic rings. The van der Waals surface area contributed by atoms with Crippen molar-refractivity contribution in [3.8, 4) is 0 Å². The maximum absolute atomic E-state index is 12.6. The van der Waals surface area contributed by atoms with Crippen LogP contribution in [-0.4, -0.2) is 20.6 Å². The Bertz CT molecular complexity index is 308. The fourth-order valence-corrected chi connectivity index (χ4v) is 0.685. The van der Waals surface area contributed by atoms with E-state index in [1.54, 1.807) is 0 Å². The minimum Gasteiger partial charge on any atom is -0.476 e. The number of halogens is 2. The number of carboxylic acid groups (broad SMARTS) is 1. The average molecular weight is 176 g/mol. The molecule has 12 heavy (non-hydrogen) atoms. The summed E-state index contributed by atoms with van der Waals surface area (Å²) in [6, 6.07) is 0. The smallest absolute Gasteiger partial charge is 0.385 e. The fourth-order valence-electron chi connectivity index (χ4n) is 0.685. The lowest BCUT2D eigenvalue weighted by molar-refractivity contribution is -0.166. The number of aryl methyl sites for hydroxylation is 1. The molecule has 1 rings (SSSR count). The number of nitrogens with zero attached hydrogens (tertiary/aromatic N) is 2. The van der Waals surface area contributed by atoms with E-state index >= 15 is 0 Å². The highest BCUT2D eigenvalue weighted by Crippen LogP contribution is 2.25. The molecule has 0 aromatic carbocycles. The second kappa shape index (κ2) is 2.54. The number of imidazole rings is 1. The number of hydrogen-bond acceptors (Lipinski definition) is 2. The Kier molecular flexibility index (Phi) is 1.83. The molecular weight excluding hydrogens is 170 g/mol. The quantitative estimate of drug-likeness (QED) is 0.717. The fraction of sp³-hybridized carbons (Fsp3) is 0.333. The average Bonchev–Trinajstić information content (AvgIpc) is 2.35. The normalized spacial score (nSPS) is 11.6. The molecule has 0 atom stereocenters. The molecule has 0 fully saturated rings. The summed E-state index contributed by atoms with van der Waals surface area (Å²) in [4.78, 5) is 13.3. The van der Waals surface area contributed by atoms with Crippen LogP contribution >= 0.6 is 0 Å². The zero-order chi connectivity index (χ0) is 9.35. The van der Waals surface area contributed by atoms with E-state index in [0.29, 0.717) is 0 Å². The number of carbonyl (C=O) groups is 1. The van der Waals surface area contributed by atoms with E-state index in [1.165, 1.54) is 11.6 Å². The van der Waals surface area contributed by atoms with Crippen molar-refractivity contribution in [1.82, 2.24) is 9.55 Å². The second-order valence-corrected chi connectivity index (χ2v) is 2.30. The van der Waals surface area contributed by atoms with Crippen molar-refractivity contribution in [2.75, 3.05) is 0 Å². The predicted molar refractivity (Wildman–Crippen MR) is 34.7 cm³/mol. The van der Waals surface area contributed by atoms with E-state index in [2.05, 4.69) is 4.98 Å². The Morgan fingerprint density at radius 2 is 2.33 bits per heavy atom. The van der Waals surface area contributed by atoms with Gasteiger partial charge in [-0.25, -0.2) is 9.78 Å². The van der Waals surface area contributed by atoms with E-state index < -0.39 is 17.6 Å². The molecule has 0 radical (unpaired) electrons. The molecule has 0 unspecified atom stereocenters. The van der Waals surface area contributed by atoms with Gasteiger partial charge in [0.25, 0.3) is 0 Å². The number of rotatable bonds is 2. The van der Waals surface area contributed by atoms with Crippen LogP contribution in [0.3, 0.4) is 0 Å². The highest BCUT2D eigenvalue weighted by molar-refractivity contribution is 5.76. The summed E-state index contributed by atoms with van der Waals surface area (Å²) in [5.74, 6) is -6.09. The minimum atomic E-state index is -3.90. The van der Waals surface area contributed by atoms with E-state index in [4.69, 9.17) is 5.11 Å². The number of aliphatic carboxylic acids is 1. The Labute approximate surface area is 66.5 Å². The lowest BCUT2D eigenvalue weighted by Gasteiger charge is -2.06. The van der Waals surface area contributed by atoms with E-state index in [1.807, 2.05) is 0 Å². The molecule has 0 aliphatic rings. The van der Waals surface area contributed by atoms with Gasteiger partial charge >= 0.3 is 11.9 Å². The summed E-state index contributed by atoms with van der Waals surface area (Å²) in [6.45, 7) is 0. The molecule has 4 nitrogen and oxygen atoms in total. The van der Waals surface area contributed by atoms with E-state index in [0.717, 1.165) is 12.5 Å². The first-order valence-corrected chi connectivity index (χ1v) is 3.04. The largest absolute Gasteiger partial charge is 0.476 e. The van der Waals surface area contributed by atoms with Crippen LogP contribution in [0.5, 0.6) is 0 Å². The summed E-state index contributed by atoms with van der Waals surface area (Å²) in [5.41, 5.74) is -0.752. The van der Waals surface area contributed by atoms with Crippen LogP contribution < -0.4 is 0 Å². The van der Waals surface area contributed by atoms with Crippen LogP contribution in [0.1, 0.15) is 5.69 Å². The third kappa shape index (κ3) is 1.27. The van der Waals surface area contributed by atoms with Gasteiger partial charge in [-0.2, -0.15) is 8.78 Å². The minimum absolute atomic E-state index is 0.752. The number of hydrogen-bond donors (Lipinski definition) is 1. The van der Waals surface area contributed by atoms with Crippen molar-refractivity contribution in [2.24, 2.45) is 7.05 Å². The Morgan fingerprint density at radius 3 is 2.67 bits per heavy atom. The lowest BCUT2D eigenvalue weighted by Crippen LogP contribution is -2.25. The summed E-state index contributed by atoms with van der Waals surface area (Å²) >= 11 is 0. The maximum atomic E-state index is 12.6. The number of aromatic nitrogens is 2. The van der Waals surface area contributed by atoms with Gasteiger partial charge < -0.3 is 9.67 Å². The van der Waals surface area contributed by atoms with Crippen LogP contribution in [0.15, 0.2) is 12.5 Å². The SMILES string of the molecule is Cn1cnc(C(F)(F)C(=O)O)c1. The van der Waals surface area contributed by atoms with Gasteiger partial charge in [-0.3, -0.25) is 0 Å². The second-order valence-electron chi connectivity index (χ2n) is 2.30. The number of carboxylic acids is 1. The van der Waals surface area contributed by atoms with Gasteiger partial charge in [0.1, 0.15) is 5.69 Å². The molecule has 1 N–H and O–H groups in total. The van der Waals surface area contributed by atoms with Gasteiger partial charge in [0, 0.05) is 13.2 Å². The highest BCUT2D eigenvalue weighted by Gasteiger charge is 2.43. The Hall–Kier alpha value is -1.46.